The number of ether oxygens (including phenoxy) is 1. The molecule has 0 saturated heterocycles. The Bertz CT molecular complexity index is 1220. The molecule has 1 saturated carbocycles. The number of esters is 1. The minimum absolute atomic E-state index is 0.0393. The lowest BCUT2D eigenvalue weighted by Gasteiger charge is -2.39. The smallest absolute Gasteiger partial charge is 0.322 e. The van der Waals surface area contributed by atoms with E-state index in [0.717, 1.165) is 18.6 Å². The predicted molar refractivity (Wildman–Crippen MR) is 115 cm³/mol. The minimum atomic E-state index is -4.36. The molecule has 0 bridgehead atoms. The second kappa shape index (κ2) is 9.57. The van der Waals surface area contributed by atoms with Gasteiger partial charge in [-0.25, -0.2) is 8.42 Å². The highest BCUT2D eigenvalue weighted by Gasteiger charge is 2.47. The van der Waals surface area contributed by atoms with Gasteiger partial charge in [0.25, 0.3) is 5.69 Å². The van der Waals surface area contributed by atoms with Gasteiger partial charge in [0, 0.05) is 12.1 Å². The summed E-state index contributed by atoms with van der Waals surface area (Å²) < 4.78 is 32.1. The Hall–Kier alpha value is -3.84. The summed E-state index contributed by atoms with van der Waals surface area (Å²) in [4.78, 5) is 44.8. The van der Waals surface area contributed by atoms with Crippen LogP contribution < -0.4 is 9.46 Å². The molecule has 1 fully saturated rings. The van der Waals surface area contributed by atoms with Crippen molar-refractivity contribution in [1.82, 2.24) is 4.72 Å². The number of rotatable bonds is 10. The molecule has 0 unspecified atom stereocenters. The van der Waals surface area contributed by atoms with Gasteiger partial charge in [-0.3, -0.25) is 24.5 Å². The first-order valence-corrected chi connectivity index (χ1v) is 11.5. The molecule has 1 aliphatic rings. The van der Waals surface area contributed by atoms with Gasteiger partial charge >= 0.3 is 17.9 Å². The number of nitro groups is 1. The van der Waals surface area contributed by atoms with E-state index >= 15 is 0 Å². The molecule has 0 spiro atoms. The number of nitro benzene ring substituents is 1. The van der Waals surface area contributed by atoms with E-state index in [0.29, 0.717) is 18.4 Å². The topological polar surface area (TPSA) is 190 Å². The van der Waals surface area contributed by atoms with Gasteiger partial charge in [0.05, 0.1) is 21.7 Å². The average molecular weight is 492 g/mol. The van der Waals surface area contributed by atoms with Crippen LogP contribution in [0.25, 0.3) is 0 Å². The minimum Gasteiger partial charge on any atom is -0.481 e. The molecule has 3 N–H and O–H groups in total. The van der Waals surface area contributed by atoms with E-state index in [9.17, 15) is 32.9 Å². The first kappa shape index (κ1) is 24.8. The number of carboxylic acids is 2. The van der Waals surface area contributed by atoms with Crippen LogP contribution in [-0.4, -0.2) is 47.5 Å². The molecule has 34 heavy (non-hydrogen) atoms. The Labute approximate surface area is 193 Å². The number of non-ortho nitro benzene ring substituents is 1. The van der Waals surface area contributed by atoms with Gasteiger partial charge in [-0.2, -0.15) is 4.72 Å². The number of hydrogen-bond acceptors (Lipinski definition) is 8. The summed E-state index contributed by atoms with van der Waals surface area (Å²) in [5.74, 6) is -3.69. The van der Waals surface area contributed by atoms with E-state index in [1.165, 1.54) is 36.4 Å². The number of aliphatic carboxylic acids is 2. The van der Waals surface area contributed by atoms with Crippen molar-refractivity contribution in [2.24, 2.45) is 0 Å². The van der Waals surface area contributed by atoms with Crippen LogP contribution in [-0.2, 0) is 29.8 Å². The maximum Gasteiger partial charge on any atom is 0.322 e. The van der Waals surface area contributed by atoms with Crippen LogP contribution in [0.3, 0.4) is 0 Å². The predicted octanol–water partition coefficient (Wildman–Crippen LogP) is 1.83. The van der Waals surface area contributed by atoms with E-state index in [-0.39, 0.29) is 16.3 Å². The molecule has 1 atom stereocenters. The summed E-state index contributed by atoms with van der Waals surface area (Å²) in [6.45, 7) is 0. The van der Waals surface area contributed by atoms with Crippen LogP contribution in [0.1, 0.15) is 31.2 Å². The third-order valence-corrected chi connectivity index (χ3v) is 7.03. The summed E-state index contributed by atoms with van der Waals surface area (Å²) in [5, 5.41) is 28.7. The average Bonchev–Trinajstić information content (AvgIpc) is 2.72. The Balaban J connectivity index is 1.74. The van der Waals surface area contributed by atoms with Gasteiger partial charge in [0.2, 0.25) is 10.0 Å². The van der Waals surface area contributed by atoms with E-state index in [1.807, 2.05) is 4.72 Å². The van der Waals surface area contributed by atoms with Crippen molar-refractivity contribution in [3.8, 4) is 5.75 Å². The maximum absolute atomic E-state index is 12.9. The van der Waals surface area contributed by atoms with Crippen molar-refractivity contribution < 1.29 is 42.7 Å². The molecule has 2 aromatic rings. The molecule has 1 aliphatic carbocycles. The fourth-order valence-electron chi connectivity index (χ4n) is 3.54. The molecule has 0 amide bonds. The lowest BCUT2D eigenvalue weighted by Crippen LogP contribution is -2.45. The van der Waals surface area contributed by atoms with Gasteiger partial charge in [0.15, 0.2) is 0 Å². The van der Waals surface area contributed by atoms with E-state index in [1.54, 1.807) is 0 Å². The highest BCUT2D eigenvalue weighted by atomic mass is 32.2. The molecule has 3 rings (SSSR count). The Kier molecular flexibility index (Phi) is 6.98. The number of carbonyl (C=O) groups is 3. The quantitative estimate of drug-likeness (QED) is 0.191. The largest absolute Gasteiger partial charge is 0.481 e. The maximum atomic E-state index is 12.9. The first-order valence-electron chi connectivity index (χ1n) is 9.99. The fraction of sp³-hybridized carbons (Fsp3) is 0.286. The number of carbonyl (C=O) groups excluding carboxylic acids is 1. The zero-order chi connectivity index (χ0) is 25.1. The first-order chi connectivity index (χ1) is 15.9. The van der Waals surface area contributed by atoms with Crippen LogP contribution in [0, 0.1) is 10.1 Å². The van der Waals surface area contributed by atoms with Crippen LogP contribution in [0.4, 0.5) is 5.69 Å². The van der Waals surface area contributed by atoms with Crippen molar-refractivity contribution in [3.05, 3.63) is 64.2 Å². The number of nitrogens with zero attached hydrogens (tertiary/aromatic N) is 1. The van der Waals surface area contributed by atoms with E-state index in [2.05, 4.69) is 0 Å². The molecular weight excluding hydrogens is 472 g/mol. The van der Waals surface area contributed by atoms with Crippen molar-refractivity contribution in [2.75, 3.05) is 0 Å². The Morgan fingerprint density at radius 2 is 1.65 bits per heavy atom. The summed E-state index contributed by atoms with van der Waals surface area (Å²) in [5.41, 5.74) is -0.492. The third kappa shape index (κ3) is 5.21. The zero-order valence-electron chi connectivity index (χ0n) is 17.5. The Morgan fingerprint density at radius 1 is 1.06 bits per heavy atom. The summed E-state index contributed by atoms with van der Waals surface area (Å²) >= 11 is 0. The van der Waals surface area contributed by atoms with Crippen molar-refractivity contribution in [1.29, 1.82) is 0 Å². The number of benzene rings is 2. The number of hydrogen-bond donors (Lipinski definition) is 3. The molecule has 12 nitrogen and oxygen atoms in total. The lowest BCUT2D eigenvalue weighted by molar-refractivity contribution is -0.384. The van der Waals surface area contributed by atoms with E-state index in [4.69, 9.17) is 14.9 Å². The summed E-state index contributed by atoms with van der Waals surface area (Å²) in [7, 11) is -4.36. The van der Waals surface area contributed by atoms with Gasteiger partial charge < -0.3 is 14.9 Å². The molecule has 13 heteroatoms. The highest BCUT2D eigenvalue weighted by Crippen LogP contribution is 2.45. The molecule has 180 valence electrons. The number of nitrogens with one attached hydrogen (secondary N) is 1. The molecule has 0 aliphatic heterocycles. The van der Waals surface area contributed by atoms with Crippen LogP contribution in [0.15, 0.2) is 53.4 Å². The molecule has 2 aromatic carbocycles. The molecule has 0 heterocycles. The summed E-state index contributed by atoms with van der Waals surface area (Å²) in [6, 6.07) is 8.37. The molecular formula is C21H20N2O10S. The standard InChI is InChI=1S/C21H20N2O10S/c24-18(25)12-17(19(26)27)22-34(31,32)16-8-6-15(7-9-16)33-20(28)21(10-1-11-21)13-2-4-14(5-3-13)23(29)30/h2-9,17,22H,1,10-12H2,(H,24,25)(H,26,27)/t17-/m0/s1. The second-order valence-electron chi connectivity index (χ2n) is 7.71. The van der Waals surface area contributed by atoms with Gasteiger partial charge in [-0.05, 0) is 42.7 Å². The number of sulfonamides is 1. The second-order valence-corrected chi connectivity index (χ2v) is 9.42. The van der Waals surface area contributed by atoms with Crippen LogP contribution >= 0.6 is 0 Å². The molecule has 0 aromatic heterocycles. The van der Waals surface area contributed by atoms with E-state index < -0.39 is 50.7 Å². The van der Waals surface area contributed by atoms with Gasteiger partial charge in [-0.1, -0.05) is 18.6 Å². The SMILES string of the molecule is O=C(O)C[C@H](NS(=O)(=O)c1ccc(OC(=O)C2(c3ccc([N+](=O)[O-])cc3)CCC2)cc1)C(=O)O. The van der Waals surface area contributed by atoms with Crippen molar-refractivity contribution >= 4 is 33.6 Å². The van der Waals surface area contributed by atoms with Crippen molar-refractivity contribution in [2.45, 2.75) is 42.0 Å². The van der Waals surface area contributed by atoms with Crippen LogP contribution in [0.2, 0.25) is 0 Å². The highest BCUT2D eigenvalue weighted by molar-refractivity contribution is 7.89. The third-order valence-electron chi connectivity index (χ3n) is 5.55. The summed E-state index contributed by atoms with van der Waals surface area (Å²) in [6.07, 6.45) is 0.783. The van der Waals surface area contributed by atoms with Crippen LogP contribution in [0.5, 0.6) is 5.75 Å². The monoisotopic (exact) mass is 492 g/mol. The molecule has 0 radical (unpaired) electrons. The van der Waals surface area contributed by atoms with Crippen molar-refractivity contribution in [3.63, 3.8) is 0 Å². The Morgan fingerprint density at radius 3 is 2.09 bits per heavy atom. The zero-order valence-corrected chi connectivity index (χ0v) is 18.4. The van der Waals surface area contributed by atoms with Gasteiger partial charge in [-0.15, -0.1) is 0 Å². The van der Waals surface area contributed by atoms with Gasteiger partial charge in [0.1, 0.15) is 11.8 Å². The lowest BCUT2D eigenvalue weighted by atomic mass is 9.64. The number of carboxylic acid groups (broad SMARTS) is 2. The fourth-order valence-corrected chi connectivity index (χ4v) is 4.73. The normalized spacial score (nSPS) is 15.5.